The summed E-state index contributed by atoms with van der Waals surface area (Å²) in [7, 11) is 0. The number of fused-ring (bicyclic) bond motifs is 1. The number of rotatable bonds is 3. The van der Waals surface area contributed by atoms with Crippen LogP contribution in [0.1, 0.15) is 28.8 Å². The van der Waals surface area contributed by atoms with Crippen molar-refractivity contribution in [3.63, 3.8) is 0 Å². The van der Waals surface area contributed by atoms with Gasteiger partial charge in [-0.05, 0) is 31.5 Å². The average Bonchev–Trinajstić information content (AvgIpc) is 3.14. The van der Waals surface area contributed by atoms with Gasteiger partial charge >= 0.3 is 0 Å². The number of carbonyl (C=O) groups is 1. The zero-order chi connectivity index (χ0) is 18.1. The molecule has 2 aromatic heterocycles. The van der Waals surface area contributed by atoms with Crippen molar-refractivity contribution in [3.8, 4) is 0 Å². The Kier molecular flexibility index (Phi) is 4.28. The van der Waals surface area contributed by atoms with Gasteiger partial charge in [0.2, 0.25) is 0 Å². The van der Waals surface area contributed by atoms with Gasteiger partial charge < -0.3 is 14.8 Å². The van der Waals surface area contributed by atoms with Crippen LogP contribution in [0.5, 0.6) is 0 Å². The molecule has 26 heavy (non-hydrogen) atoms. The van der Waals surface area contributed by atoms with Crippen LogP contribution >= 0.6 is 0 Å². The number of imidazole rings is 1. The number of H-pyrrole nitrogens is 1. The van der Waals surface area contributed by atoms with E-state index in [9.17, 15) is 4.79 Å². The summed E-state index contributed by atoms with van der Waals surface area (Å²) in [5.41, 5.74) is 3.51. The molecule has 1 aliphatic heterocycles. The maximum Gasteiger partial charge on any atom is 0.254 e. The first-order valence-electron chi connectivity index (χ1n) is 8.96. The van der Waals surface area contributed by atoms with E-state index < -0.39 is 0 Å². The van der Waals surface area contributed by atoms with Crippen molar-refractivity contribution < 1.29 is 4.79 Å². The van der Waals surface area contributed by atoms with E-state index in [0.717, 1.165) is 47.9 Å². The third-order valence-electron chi connectivity index (χ3n) is 4.80. The SMILES string of the molecule is CCc1cc(N2CCN(C(=O)c3ccc4nc[nH]c4c3)CC2)nc(C)n1. The van der Waals surface area contributed by atoms with Crippen LogP contribution in [0.3, 0.4) is 0 Å². The van der Waals surface area contributed by atoms with Crippen LogP contribution < -0.4 is 4.90 Å². The topological polar surface area (TPSA) is 78.0 Å². The van der Waals surface area contributed by atoms with Gasteiger partial charge in [-0.1, -0.05) is 6.92 Å². The number of amides is 1. The number of piperazine rings is 1. The average molecular weight is 350 g/mol. The van der Waals surface area contributed by atoms with Gasteiger partial charge in [-0.15, -0.1) is 0 Å². The van der Waals surface area contributed by atoms with Crippen molar-refractivity contribution in [2.75, 3.05) is 31.1 Å². The predicted molar refractivity (Wildman–Crippen MR) is 100 cm³/mol. The van der Waals surface area contributed by atoms with Crippen molar-refractivity contribution >= 4 is 22.8 Å². The van der Waals surface area contributed by atoms with Crippen LogP contribution in [0.15, 0.2) is 30.6 Å². The number of aromatic nitrogens is 4. The lowest BCUT2D eigenvalue weighted by Gasteiger charge is -2.35. The zero-order valence-corrected chi connectivity index (χ0v) is 15.1. The molecule has 1 aromatic carbocycles. The fourth-order valence-corrected chi connectivity index (χ4v) is 3.35. The Morgan fingerprint density at radius 2 is 1.96 bits per heavy atom. The highest BCUT2D eigenvalue weighted by molar-refractivity contribution is 5.97. The van der Waals surface area contributed by atoms with E-state index in [4.69, 9.17) is 0 Å². The molecule has 1 fully saturated rings. The van der Waals surface area contributed by atoms with Crippen LogP contribution in [-0.2, 0) is 6.42 Å². The predicted octanol–water partition coefficient (Wildman–Crippen LogP) is 2.19. The highest BCUT2D eigenvalue weighted by Gasteiger charge is 2.23. The van der Waals surface area contributed by atoms with E-state index in [0.29, 0.717) is 18.7 Å². The molecule has 1 amide bonds. The van der Waals surface area contributed by atoms with Crippen LogP contribution in [0.25, 0.3) is 11.0 Å². The van der Waals surface area contributed by atoms with Gasteiger partial charge in [-0.3, -0.25) is 4.79 Å². The Balaban J connectivity index is 1.46. The van der Waals surface area contributed by atoms with Crippen molar-refractivity contribution in [2.45, 2.75) is 20.3 Å². The Hall–Kier alpha value is -2.96. The molecule has 7 heteroatoms. The number of hydrogen-bond donors (Lipinski definition) is 1. The minimum Gasteiger partial charge on any atom is -0.353 e. The quantitative estimate of drug-likeness (QED) is 0.783. The van der Waals surface area contributed by atoms with Gasteiger partial charge in [0.15, 0.2) is 0 Å². The van der Waals surface area contributed by atoms with Crippen LogP contribution in [-0.4, -0.2) is 56.9 Å². The molecule has 1 N–H and O–H groups in total. The molecule has 0 spiro atoms. The minimum atomic E-state index is 0.0641. The van der Waals surface area contributed by atoms with Crippen LogP contribution in [0, 0.1) is 6.92 Å². The normalized spacial score (nSPS) is 14.8. The number of nitrogens with one attached hydrogen (secondary N) is 1. The van der Waals surface area contributed by atoms with Crippen molar-refractivity contribution in [1.82, 2.24) is 24.8 Å². The van der Waals surface area contributed by atoms with Crippen molar-refractivity contribution in [1.29, 1.82) is 0 Å². The van der Waals surface area contributed by atoms with E-state index in [1.165, 1.54) is 0 Å². The van der Waals surface area contributed by atoms with Crippen LogP contribution in [0.4, 0.5) is 5.82 Å². The second-order valence-electron chi connectivity index (χ2n) is 6.53. The van der Waals surface area contributed by atoms with Gasteiger partial charge in [0.25, 0.3) is 5.91 Å². The molecule has 1 saturated heterocycles. The molecule has 1 aliphatic rings. The van der Waals surface area contributed by atoms with Crippen LogP contribution in [0.2, 0.25) is 0 Å². The molecule has 0 bridgehead atoms. The van der Waals surface area contributed by atoms with E-state index >= 15 is 0 Å². The summed E-state index contributed by atoms with van der Waals surface area (Å²) in [6.07, 6.45) is 2.54. The lowest BCUT2D eigenvalue weighted by molar-refractivity contribution is 0.0746. The van der Waals surface area contributed by atoms with Crippen molar-refractivity contribution in [2.24, 2.45) is 0 Å². The number of anilines is 1. The van der Waals surface area contributed by atoms with Gasteiger partial charge in [-0.25, -0.2) is 15.0 Å². The van der Waals surface area contributed by atoms with Crippen molar-refractivity contribution in [3.05, 3.63) is 47.7 Å². The number of aromatic amines is 1. The first-order chi connectivity index (χ1) is 12.6. The standard InChI is InChI=1S/C19H22N6O/c1-3-15-11-18(23-13(2)22-15)24-6-8-25(9-7-24)19(26)14-4-5-16-17(10-14)21-12-20-16/h4-5,10-12H,3,6-9H2,1-2H3,(H,20,21). The Morgan fingerprint density at radius 3 is 2.73 bits per heavy atom. The molecule has 0 unspecified atom stereocenters. The number of hydrogen-bond acceptors (Lipinski definition) is 5. The van der Waals surface area contributed by atoms with Gasteiger partial charge in [0.05, 0.1) is 17.4 Å². The molecule has 0 aliphatic carbocycles. The van der Waals surface area contributed by atoms with Gasteiger partial charge in [0, 0.05) is 43.5 Å². The third-order valence-corrected chi connectivity index (χ3v) is 4.80. The lowest BCUT2D eigenvalue weighted by atomic mass is 10.1. The van der Waals surface area contributed by atoms with E-state index in [2.05, 4.69) is 37.8 Å². The molecular weight excluding hydrogens is 328 g/mol. The lowest BCUT2D eigenvalue weighted by Crippen LogP contribution is -2.49. The van der Waals surface area contributed by atoms with Gasteiger partial charge in [0.1, 0.15) is 11.6 Å². The molecular formula is C19H22N6O. The summed E-state index contributed by atoms with van der Waals surface area (Å²) in [6.45, 7) is 6.94. The number of benzene rings is 1. The Bertz CT molecular complexity index is 942. The highest BCUT2D eigenvalue weighted by atomic mass is 16.2. The molecule has 0 saturated carbocycles. The fourth-order valence-electron chi connectivity index (χ4n) is 3.35. The highest BCUT2D eigenvalue weighted by Crippen LogP contribution is 2.18. The molecule has 0 radical (unpaired) electrons. The second kappa shape index (κ2) is 6.74. The fraction of sp³-hybridized carbons (Fsp3) is 0.368. The summed E-state index contributed by atoms with van der Waals surface area (Å²) in [5, 5.41) is 0. The summed E-state index contributed by atoms with van der Waals surface area (Å²) in [4.78, 5) is 33.2. The second-order valence-corrected chi connectivity index (χ2v) is 6.53. The smallest absolute Gasteiger partial charge is 0.254 e. The first-order valence-corrected chi connectivity index (χ1v) is 8.96. The Morgan fingerprint density at radius 1 is 1.15 bits per heavy atom. The first kappa shape index (κ1) is 16.5. The Labute approximate surface area is 152 Å². The summed E-state index contributed by atoms with van der Waals surface area (Å²) >= 11 is 0. The monoisotopic (exact) mass is 350 g/mol. The minimum absolute atomic E-state index is 0.0641. The van der Waals surface area contributed by atoms with E-state index in [1.807, 2.05) is 30.0 Å². The number of carbonyl (C=O) groups excluding carboxylic acids is 1. The molecule has 4 rings (SSSR count). The van der Waals surface area contributed by atoms with Gasteiger partial charge in [-0.2, -0.15) is 0 Å². The van der Waals surface area contributed by atoms with E-state index in [-0.39, 0.29) is 5.91 Å². The molecule has 134 valence electrons. The molecule has 0 atom stereocenters. The third kappa shape index (κ3) is 3.12. The number of aryl methyl sites for hydroxylation is 2. The molecule has 7 nitrogen and oxygen atoms in total. The maximum absolute atomic E-state index is 12.8. The zero-order valence-electron chi connectivity index (χ0n) is 15.1. The largest absolute Gasteiger partial charge is 0.353 e. The summed E-state index contributed by atoms with van der Waals surface area (Å²) < 4.78 is 0. The summed E-state index contributed by atoms with van der Waals surface area (Å²) in [5.74, 6) is 1.82. The molecule has 3 heterocycles. The number of nitrogens with zero attached hydrogens (tertiary/aromatic N) is 5. The van der Waals surface area contributed by atoms with E-state index in [1.54, 1.807) is 6.33 Å². The summed E-state index contributed by atoms with van der Waals surface area (Å²) in [6, 6.07) is 7.65. The maximum atomic E-state index is 12.8. The molecule has 3 aromatic rings.